The second-order valence-corrected chi connectivity index (χ2v) is 9.49. The first-order chi connectivity index (χ1) is 15.7. The third kappa shape index (κ3) is 6.95. The lowest BCUT2D eigenvalue weighted by Crippen LogP contribution is -2.56. The largest absolute Gasteiger partial charge is 0.340 e. The number of nitrogens with one attached hydrogen (secondary N) is 1. The predicted molar refractivity (Wildman–Crippen MR) is 130 cm³/mol. The van der Waals surface area contributed by atoms with Crippen molar-refractivity contribution in [3.63, 3.8) is 0 Å². The van der Waals surface area contributed by atoms with Crippen LogP contribution in [0.15, 0.2) is 48.5 Å². The molecular weight excluding hydrogens is 461 g/mol. The van der Waals surface area contributed by atoms with E-state index in [1.807, 2.05) is 49.1 Å². The summed E-state index contributed by atoms with van der Waals surface area (Å²) in [6, 6.07) is 13.4. The van der Waals surface area contributed by atoms with E-state index in [9.17, 15) is 14.4 Å². The Morgan fingerprint density at radius 3 is 2.18 bits per heavy atom. The normalized spacial score (nSPS) is 14.8. The molecule has 33 heavy (non-hydrogen) atoms. The van der Waals surface area contributed by atoms with Crippen molar-refractivity contribution in [1.82, 2.24) is 15.1 Å². The van der Waals surface area contributed by atoms with Gasteiger partial charge in [0, 0.05) is 44.0 Å². The van der Waals surface area contributed by atoms with Gasteiger partial charge in [-0.25, -0.2) is 0 Å². The molecule has 1 fully saturated rings. The molecule has 176 valence electrons. The molecule has 1 atom stereocenters. The van der Waals surface area contributed by atoms with Gasteiger partial charge in [0.15, 0.2) is 0 Å². The molecule has 8 heteroatoms. The van der Waals surface area contributed by atoms with Crippen LogP contribution in [0.3, 0.4) is 0 Å². The maximum atomic E-state index is 13.4. The van der Waals surface area contributed by atoms with Crippen LogP contribution in [-0.2, 0) is 16.0 Å². The van der Waals surface area contributed by atoms with Gasteiger partial charge >= 0.3 is 0 Å². The second kappa shape index (κ2) is 11.5. The van der Waals surface area contributed by atoms with E-state index < -0.39 is 11.9 Å². The summed E-state index contributed by atoms with van der Waals surface area (Å²) in [4.78, 5) is 42.3. The van der Waals surface area contributed by atoms with Gasteiger partial charge < -0.3 is 15.1 Å². The van der Waals surface area contributed by atoms with E-state index in [1.54, 1.807) is 17.0 Å². The number of benzene rings is 2. The lowest BCUT2D eigenvalue weighted by atomic mass is 10.0. The van der Waals surface area contributed by atoms with E-state index in [1.165, 1.54) is 6.07 Å². The highest BCUT2D eigenvalue weighted by Gasteiger charge is 2.30. The molecule has 0 bridgehead atoms. The van der Waals surface area contributed by atoms with Crippen molar-refractivity contribution in [2.75, 3.05) is 26.2 Å². The minimum atomic E-state index is -0.760. The van der Waals surface area contributed by atoms with Gasteiger partial charge in [0.05, 0.1) is 10.6 Å². The molecule has 0 radical (unpaired) electrons. The predicted octanol–water partition coefficient (Wildman–Crippen LogP) is 4.05. The number of rotatable bonds is 7. The van der Waals surface area contributed by atoms with Gasteiger partial charge in [-0.05, 0) is 29.7 Å². The molecule has 3 amide bonds. The lowest BCUT2D eigenvalue weighted by Gasteiger charge is -2.37. The summed E-state index contributed by atoms with van der Waals surface area (Å²) in [5.41, 5.74) is 1.19. The SMILES string of the molecule is CC(C)CC(=O)N1CCN(C(=O)[C@H](Cc2ccccc2)NC(=O)c2ccc(Cl)cc2Cl)CC1. The Morgan fingerprint density at radius 1 is 0.939 bits per heavy atom. The highest BCUT2D eigenvalue weighted by molar-refractivity contribution is 6.36. The maximum Gasteiger partial charge on any atom is 0.253 e. The van der Waals surface area contributed by atoms with E-state index in [2.05, 4.69) is 5.32 Å². The van der Waals surface area contributed by atoms with Gasteiger partial charge in [0.2, 0.25) is 11.8 Å². The summed E-state index contributed by atoms with van der Waals surface area (Å²) in [6.07, 6.45) is 0.853. The molecule has 1 saturated heterocycles. The van der Waals surface area contributed by atoms with Gasteiger partial charge in [0.1, 0.15) is 6.04 Å². The fourth-order valence-corrected chi connectivity index (χ4v) is 4.33. The van der Waals surface area contributed by atoms with Crippen LogP contribution in [0.25, 0.3) is 0 Å². The molecule has 0 unspecified atom stereocenters. The summed E-state index contributed by atoms with van der Waals surface area (Å²) in [7, 11) is 0. The average molecular weight is 490 g/mol. The Bertz CT molecular complexity index is 990. The van der Waals surface area contributed by atoms with Crippen LogP contribution in [0, 0.1) is 5.92 Å². The zero-order chi connectivity index (χ0) is 24.0. The van der Waals surface area contributed by atoms with Gasteiger partial charge in [-0.15, -0.1) is 0 Å². The number of hydrogen-bond acceptors (Lipinski definition) is 3. The zero-order valence-electron chi connectivity index (χ0n) is 18.9. The minimum Gasteiger partial charge on any atom is -0.340 e. The smallest absolute Gasteiger partial charge is 0.253 e. The summed E-state index contributed by atoms with van der Waals surface area (Å²) in [6.45, 7) is 5.89. The molecule has 0 aromatic heterocycles. The van der Waals surface area contributed by atoms with Crippen molar-refractivity contribution in [2.24, 2.45) is 5.92 Å². The lowest BCUT2D eigenvalue weighted by molar-refractivity contribution is -0.141. The first kappa shape index (κ1) is 25.1. The van der Waals surface area contributed by atoms with Crippen LogP contribution >= 0.6 is 23.2 Å². The Kier molecular flexibility index (Phi) is 8.75. The Balaban J connectivity index is 1.72. The summed E-state index contributed by atoms with van der Waals surface area (Å²) < 4.78 is 0. The summed E-state index contributed by atoms with van der Waals surface area (Å²) in [5.74, 6) is -0.198. The molecule has 2 aromatic carbocycles. The quantitative estimate of drug-likeness (QED) is 0.637. The van der Waals surface area contributed by atoms with Crippen LogP contribution in [0.4, 0.5) is 0 Å². The highest BCUT2D eigenvalue weighted by Crippen LogP contribution is 2.21. The molecule has 1 aliphatic heterocycles. The molecule has 1 N–H and O–H groups in total. The highest BCUT2D eigenvalue weighted by atomic mass is 35.5. The topological polar surface area (TPSA) is 69.7 Å². The van der Waals surface area contributed by atoms with E-state index in [-0.39, 0.29) is 22.4 Å². The van der Waals surface area contributed by atoms with Gasteiger partial charge in [-0.3, -0.25) is 14.4 Å². The molecule has 6 nitrogen and oxygen atoms in total. The first-order valence-electron chi connectivity index (χ1n) is 11.1. The molecular formula is C25H29Cl2N3O3. The fourth-order valence-electron chi connectivity index (χ4n) is 3.83. The molecule has 3 rings (SSSR count). The van der Waals surface area contributed by atoms with Crippen molar-refractivity contribution in [2.45, 2.75) is 32.7 Å². The van der Waals surface area contributed by atoms with Gasteiger partial charge in [0.25, 0.3) is 5.91 Å². The summed E-state index contributed by atoms with van der Waals surface area (Å²) in [5, 5.41) is 3.52. The molecule has 0 spiro atoms. The average Bonchev–Trinajstić information content (AvgIpc) is 2.78. The number of hydrogen-bond donors (Lipinski definition) is 1. The first-order valence-corrected chi connectivity index (χ1v) is 11.9. The number of nitrogens with zero attached hydrogens (tertiary/aromatic N) is 2. The number of amides is 3. The Labute approximate surface area is 204 Å². The van der Waals surface area contributed by atoms with Crippen LogP contribution in [0.5, 0.6) is 0 Å². The van der Waals surface area contributed by atoms with E-state index >= 15 is 0 Å². The number of halogens is 2. The fraction of sp³-hybridized carbons (Fsp3) is 0.400. The standard InChI is InChI=1S/C25H29Cl2N3O3/c1-17(2)14-23(31)29-10-12-30(13-11-29)25(33)22(15-18-6-4-3-5-7-18)28-24(32)20-9-8-19(26)16-21(20)27/h3-9,16-17,22H,10-15H2,1-2H3,(H,28,32)/t22-/m0/s1. The Morgan fingerprint density at radius 2 is 1.58 bits per heavy atom. The van der Waals surface area contributed by atoms with E-state index in [0.29, 0.717) is 50.0 Å². The van der Waals surface area contributed by atoms with Crippen molar-refractivity contribution in [3.8, 4) is 0 Å². The van der Waals surface area contributed by atoms with Gasteiger partial charge in [-0.2, -0.15) is 0 Å². The van der Waals surface area contributed by atoms with Crippen LogP contribution in [-0.4, -0.2) is 59.7 Å². The van der Waals surface area contributed by atoms with Crippen LogP contribution < -0.4 is 5.32 Å². The maximum absolute atomic E-state index is 13.4. The van der Waals surface area contributed by atoms with Crippen molar-refractivity contribution in [1.29, 1.82) is 0 Å². The van der Waals surface area contributed by atoms with E-state index in [4.69, 9.17) is 23.2 Å². The monoisotopic (exact) mass is 489 g/mol. The van der Waals surface area contributed by atoms with E-state index in [0.717, 1.165) is 5.56 Å². The molecule has 0 saturated carbocycles. The van der Waals surface area contributed by atoms with Crippen LogP contribution in [0.1, 0.15) is 36.2 Å². The molecule has 0 aliphatic carbocycles. The number of piperazine rings is 1. The molecule has 1 aliphatic rings. The number of carbonyl (C=O) groups is 3. The number of carbonyl (C=O) groups excluding carboxylic acids is 3. The van der Waals surface area contributed by atoms with Gasteiger partial charge in [-0.1, -0.05) is 67.4 Å². The minimum absolute atomic E-state index is 0.114. The van der Waals surface area contributed by atoms with Crippen molar-refractivity contribution in [3.05, 3.63) is 69.7 Å². The third-order valence-electron chi connectivity index (χ3n) is 5.59. The molecule has 2 aromatic rings. The summed E-state index contributed by atoms with van der Waals surface area (Å²) >= 11 is 12.1. The third-order valence-corrected chi connectivity index (χ3v) is 6.14. The van der Waals surface area contributed by atoms with Crippen molar-refractivity contribution >= 4 is 40.9 Å². The molecule has 1 heterocycles. The van der Waals surface area contributed by atoms with Crippen LogP contribution in [0.2, 0.25) is 10.0 Å². The zero-order valence-corrected chi connectivity index (χ0v) is 20.4. The van der Waals surface area contributed by atoms with Crippen molar-refractivity contribution < 1.29 is 14.4 Å². The Hall–Kier alpha value is -2.57. The second-order valence-electron chi connectivity index (χ2n) is 8.64.